The van der Waals surface area contributed by atoms with Crippen LogP contribution in [0.1, 0.15) is 29.7 Å². The second kappa shape index (κ2) is 5.85. The van der Waals surface area contributed by atoms with E-state index in [2.05, 4.69) is 48.1 Å². The van der Waals surface area contributed by atoms with Gasteiger partial charge in [-0.15, -0.1) is 0 Å². The van der Waals surface area contributed by atoms with Crippen LogP contribution in [0.15, 0.2) is 42.6 Å². The quantitative estimate of drug-likeness (QED) is 0.913. The highest BCUT2D eigenvalue weighted by Crippen LogP contribution is 2.23. The van der Waals surface area contributed by atoms with E-state index in [0.717, 1.165) is 17.9 Å². The van der Waals surface area contributed by atoms with Crippen molar-refractivity contribution in [2.45, 2.75) is 26.4 Å². The standard InChI is InChI=1S/C16H21N3/c1-12-7-4-5-8-14(12)11-19(3)16-15(13(2)17)9-6-10-18-16/h4-10,13H,11,17H2,1-3H3/t13-/m0/s1. The minimum atomic E-state index is -0.0111. The van der Waals surface area contributed by atoms with Gasteiger partial charge in [0.2, 0.25) is 0 Å². The molecule has 0 unspecified atom stereocenters. The van der Waals surface area contributed by atoms with E-state index in [4.69, 9.17) is 5.73 Å². The third-order valence-electron chi connectivity index (χ3n) is 3.34. The molecule has 0 bridgehead atoms. The molecule has 0 aliphatic rings. The Morgan fingerprint density at radius 1 is 1.21 bits per heavy atom. The summed E-state index contributed by atoms with van der Waals surface area (Å²) in [6, 6.07) is 12.4. The van der Waals surface area contributed by atoms with Crippen LogP contribution in [0.5, 0.6) is 0 Å². The van der Waals surface area contributed by atoms with E-state index < -0.39 is 0 Å². The van der Waals surface area contributed by atoms with Gasteiger partial charge >= 0.3 is 0 Å². The second-order valence-electron chi connectivity index (χ2n) is 4.99. The van der Waals surface area contributed by atoms with Gasteiger partial charge in [-0.2, -0.15) is 0 Å². The third kappa shape index (κ3) is 3.12. The topological polar surface area (TPSA) is 42.2 Å². The first-order valence-corrected chi connectivity index (χ1v) is 6.55. The Morgan fingerprint density at radius 3 is 2.63 bits per heavy atom. The molecule has 0 spiro atoms. The maximum absolute atomic E-state index is 6.01. The fourth-order valence-electron chi connectivity index (χ4n) is 2.20. The largest absolute Gasteiger partial charge is 0.355 e. The van der Waals surface area contributed by atoms with E-state index in [-0.39, 0.29) is 6.04 Å². The molecule has 0 aliphatic carbocycles. The molecular weight excluding hydrogens is 234 g/mol. The first kappa shape index (κ1) is 13.6. The lowest BCUT2D eigenvalue weighted by Gasteiger charge is -2.23. The molecule has 19 heavy (non-hydrogen) atoms. The predicted molar refractivity (Wildman–Crippen MR) is 80.1 cm³/mol. The summed E-state index contributed by atoms with van der Waals surface area (Å²) in [5, 5.41) is 0. The molecule has 0 radical (unpaired) electrons. The summed E-state index contributed by atoms with van der Waals surface area (Å²) in [4.78, 5) is 6.63. The normalized spacial score (nSPS) is 12.2. The number of hydrogen-bond acceptors (Lipinski definition) is 3. The zero-order chi connectivity index (χ0) is 13.8. The van der Waals surface area contributed by atoms with Crippen LogP contribution in [0.2, 0.25) is 0 Å². The van der Waals surface area contributed by atoms with Crippen molar-refractivity contribution < 1.29 is 0 Å². The average molecular weight is 255 g/mol. The molecule has 0 amide bonds. The van der Waals surface area contributed by atoms with Crippen molar-refractivity contribution in [2.24, 2.45) is 5.73 Å². The van der Waals surface area contributed by atoms with Crippen LogP contribution in [0.4, 0.5) is 5.82 Å². The van der Waals surface area contributed by atoms with Gasteiger partial charge in [-0.05, 0) is 31.0 Å². The molecule has 0 saturated heterocycles. The van der Waals surface area contributed by atoms with Crippen molar-refractivity contribution in [3.05, 3.63) is 59.3 Å². The van der Waals surface area contributed by atoms with Crippen molar-refractivity contribution in [1.29, 1.82) is 0 Å². The maximum Gasteiger partial charge on any atom is 0.133 e. The summed E-state index contributed by atoms with van der Waals surface area (Å²) in [5.74, 6) is 0.959. The lowest BCUT2D eigenvalue weighted by molar-refractivity contribution is 0.787. The van der Waals surface area contributed by atoms with Crippen LogP contribution in [-0.2, 0) is 6.54 Å². The Morgan fingerprint density at radius 2 is 1.95 bits per heavy atom. The highest BCUT2D eigenvalue weighted by atomic mass is 15.2. The van der Waals surface area contributed by atoms with Crippen molar-refractivity contribution in [2.75, 3.05) is 11.9 Å². The van der Waals surface area contributed by atoms with Crippen LogP contribution in [-0.4, -0.2) is 12.0 Å². The van der Waals surface area contributed by atoms with E-state index in [0.29, 0.717) is 0 Å². The number of nitrogens with two attached hydrogens (primary N) is 1. The Bertz CT molecular complexity index is 549. The van der Waals surface area contributed by atoms with Crippen molar-refractivity contribution in [1.82, 2.24) is 4.98 Å². The molecule has 2 rings (SSSR count). The van der Waals surface area contributed by atoms with Crippen LogP contribution < -0.4 is 10.6 Å². The number of hydrogen-bond donors (Lipinski definition) is 1. The first-order chi connectivity index (χ1) is 9.09. The van der Waals surface area contributed by atoms with E-state index in [1.165, 1.54) is 11.1 Å². The van der Waals surface area contributed by atoms with Gasteiger partial charge in [-0.3, -0.25) is 0 Å². The highest BCUT2D eigenvalue weighted by molar-refractivity contribution is 5.48. The number of anilines is 1. The summed E-state index contributed by atoms with van der Waals surface area (Å²) in [6.07, 6.45) is 1.82. The van der Waals surface area contributed by atoms with Gasteiger partial charge in [0, 0.05) is 31.4 Å². The monoisotopic (exact) mass is 255 g/mol. The molecule has 2 N–H and O–H groups in total. The molecule has 100 valence electrons. The van der Waals surface area contributed by atoms with Crippen molar-refractivity contribution in [3.63, 3.8) is 0 Å². The molecule has 1 aromatic carbocycles. The molecule has 1 aromatic heterocycles. The first-order valence-electron chi connectivity index (χ1n) is 6.55. The summed E-state index contributed by atoms with van der Waals surface area (Å²) in [6.45, 7) is 4.96. The number of pyridine rings is 1. The molecule has 3 nitrogen and oxygen atoms in total. The Hall–Kier alpha value is -1.87. The van der Waals surface area contributed by atoms with E-state index in [1.807, 2.05) is 25.3 Å². The van der Waals surface area contributed by atoms with Crippen molar-refractivity contribution >= 4 is 5.82 Å². The van der Waals surface area contributed by atoms with E-state index in [1.54, 1.807) is 0 Å². The molecule has 1 atom stereocenters. The minimum Gasteiger partial charge on any atom is -0.355 e. The SMILES string of the molecule is Cc1ccccc1CN(C)c1ncccc1[C@H](C)N. The van der Waals surface area contributed by atoms with Gasteiger partial charge in [0.1, 0.15) is 5.82 Å². The molecule has 0 fully saturated rings. The predicted octanol–water partition coefficient (Wildman–Crippen LogP) is 3.05. The second-order valence-corrected chi connectivity index (χ2v) is 4.99. The zero-order valence-electron chi connectivity index (χ0n) is 11.8. The zero-order valence-corrected chi connectivity index (χ0v) is 11.8. The Labute approximate surface area is 115 Å². The van der Waals surface area contributed by atoms with Crippen molar-refractivity contribution in [3.8, 4) is 0 Å². The van der Waals surface area contributed by atoms with Gasteiger partial charge in [-0.1, -0.05) is 30.3 Å². The van der Waals surface area contributed by atoms with E-state index in [9.17, 15) is 0 Å². The summed E-state index contributed by atoms with van der Waals surface area (Å²) in [7, 11) is 2.06. The lowest BCUT2D eigenvalue weighted by atomic mass is 10.1. The fourth-order valence-corrected chi connectivity index (χ4v) is 2.20. The molecule has 1 heterocycles. The molecule has 3 heteroatoms. The Kier molecular flexibility index (Phi) is 4.17. The molecule has 0 saturated carbocycles. The summed E-state index contributed by atoms with van der Waals surface area (Å²) < 4.78 is 0. The number of rotatable bonds is 4. The fraction of sp³-hybridized carbons (Fsp3) is 0.312. The summed E-state index contributed by atoms with van der Waals surface area (Å²) in [5.41, 5.74) is 9.70. The lowest BCUT2D eigenvalue weighted by Crippen LogP contribution is -2.21. The summed E-state index contributed by atoms with van der Waals surface area (Å²) >= 11 is 0. The van der Waals surface area contributed by atoms with Crippen LogP contribution in [0.25, 0.3) is 0 Å². The molecular formula is C16H21N3. The number of nitrogens with zero attached hydrogens (tertiary/aromatic N) is 2. The molecule has 2 aromatic rings. The van der Waals surface area contributed by atoms with Gasteiger partial charge in [0.15, 0.2) is 0 Å². The van der Waals surface area contributed by atoms with Gasteiger partial charge in [0.25, 0.3) is 0 Å². The third-order valence-corrected chi connectivity index (χ3v) is 3.34. The van der Waals surface area contributed by atoms with Crippen LogP contribution >= 0.6 is 0 Å². The average Bonchev–Trinajstić information content (AvgIpc) is 2.41. The number of aromatic nitrogens is 1. The smallest absolute Gasteiger partial charge is 0.133 e. The van der Waals surface area contributed by atoms with Gasteiger partial charge in [-0.25, -0.2) is 4.98 Å². The number of benzene rings is 1. The van der Waals surface area contributed by atoms with Gasteiger partial charge < -0.3 is 10.6 Å². The Balaban J connectivity index is 2.26. The van der Waals surface area contributed by atoms with Crippen LogP contribution in [0.3, 0.4) is 0 Å². The molecule has 0 aliphatic heterocycles. The van der Waals surface area contributed by atoms with Gasteiger partial charge in [0.05, 0.1) is 0 Å². The minimum absolute atomic E-state index is 0.0111. The number of aryl methyl sites for hydroxylation is 1. The highest BCUT2D eigenvalue weighted by Gasteiger charge is 2.12. The maximum atomic E-state index is 6.01. The van der Waals surface area contributed by atoms with E-state index >= 15 is 0 Å². The van der Waals surface area contributed by atoms with Crippen LogP contribution in [0, 0.1) is 6.92 Å².